The maximum Gasteiger partial charge on any atom is 0.256 e. The molecule has 1 aromatic heterocycles. The predicted octanol–water partition coefficient (Wildman–Crippen LogP) is 5.53. The Hall–Kier alpha value is -4.73. The van der Waals surface area contributed by atoms with Crippen LogP contribution in [-0.2, 0) is 0 Å². The van der Waals surface area contributed by atoms with Gasteiger partial charge in [0.25, 0.3) is 5.91 Å². The van der Waals surface area contributed by atoms with E-state index >= 15 is 4.39 Å². The van der Waals surface area contributed by atoms with Gasteiger partial charge in [0.2, 0.25) is 5.43 Å². The third-order valence-electron chi connectivity index (χ3n) is 10.1. The molecule has 3 aliphatic heterocycles. The van der Waals surface area contributed by atoms with Crippen LogP contribution in [0.3, 0.4) is 0 Å². The average molecular weight is 618 g/mol. The highest BCUT2D eigenvalue weighted by Crippen LogP contribution is 2.48. The number of fused-ring (bicyclic) bond motifs is 3. The van der Waals surface area contributed by atoms with E-state index in [0.29, 0.717) is 42.6 Å². The summed E-state index contributed by atoms with van der Waals surface area (Å²) in [5.41, 5.74) is 8.55. The Morgan fingerprint density at radius 3 is 2.57 bits per heavy atom. The van der Waals surface area contributed by atoms with Crippen molar-refractivity contribution in [1.29, 1.82) is 0 Å². The lowest BCUT2D eigenvalue weighted by atomic mass is 9.95. The number of nitrogens with one attached hydrogen (secondary N) is 1. The van der Waals surface area contributed by atoms with Crippen molar-refractivity contribution in [1.82, 2.24) is 14.8 Å². The molecule has 8 rings (SSSR count). The van der Waals surface area contributed by atoms with E-state index in [1.807, 2.05) is 76.2 Å². The standard InChI is InChI=1S/C37H36FN5O3/c1-41-15-7-12-25(41)13-14-40-37(45)28-20-43-31-16-23-10-5-6-11-24(23)17-32(31)46-36-33(43)26(35(28)44)18-29(38)34(36)42-19-27(30(39)21-42)22-8-3-2-4-9-22/h2-6,8-11,16-18,20,25,27,30H,7,12-15,19,21,39H2,1H3,(H,40,45)/t25?,27-,30+/m0/s1. The molecule has 3 aliphatic rings. The predicted molar refractivity (Wildman–Crippen MR) is 179 cm³/mol. The Bertz CT molecular complexity index is 2060. The number of amides is 1. The Morgan fingerprint density at radius 1 is 1.04 bits per heavy atom. The normalized spacial score (nSPS) is 20.7. The molecule has 8 nitrogen and oxygen atoms in total. The number of carbonyl (C=O) groups excluding carboxylic acids is 1. The number of halogens is 1. The molecule has 2 fully saturated rings. The van der Waals surface area contributed by atoms with Gasteiger partial charge in [0.1, 0.15) is 16.8 Å². The minimum atomic E-state index is -0.585. The number of rotatable bonds is 6. The number of nitrogens with zero attached hydrogens (tertiary/aromatic N) is 3. The molecule has 0 bridgehead atoms. The fraction of sp³-hybridized carbons (Fsp3) is 0.297. The molecule has 4 aromatic carbocycles. The highest BCUT2D eigenvalue weighted by Gasteiger charge is 2.37. The minimum absolute atomic E-state index is 0.000558. The molecule has 1 amide bonds. The van der Waals surface area contributed by atoms with Gasteiger partial charge in [0.15, 0.2) is 17.3 Å². The molecule has 46 heavy (non-hydrogen) atoms. The van der Waals surface area contributed by atoms with E-state index < -0.39 is 17.2 Å². The van der Waals surface area contributed by atoms with Gasteiger partial charge in [0, 0.05) is 43.8 Å². The maximum absolute atomic E-state index is 16.4. The Labute approximate surface area is 266 Å². The monoisotopic (exact) mass is 617 g/mol. The van der Waals surface area contributed by atoms with Crippen molar-refractivity contribution in [3.63, 3.8) is 0 Å². The lowest BCUT2D eigenvalue weighted by Crippen LogP contribution is -2.34. The molecule has 3 N–H and O–H groups in total. The first-order valence-corrected chi connectivity index (χ1v) is 16.0. The highest BCUT2D eigenvalue weighted by atomic mass is 19.1. The third-order valence-corrected chi connectivity index (χ3v) is 10.1. The third kappa shape index (κ3) is 4.73. The topological polar surface area (TPSA) is 92.8 Å². The molecule has 0 aliphatic carbocycles. The van der Waals surface area contributed by atoms with Crippen LogP contribution in [0.1, 0.15) is 41.1 Å². The molecule has 5 aromatic rings. The van der Waals surface area contributed by atoms with Crippen LogP contribution >= 0.6 is 0 Å². The van der Waals surface area contributed by atoms with E-state index in [1.54, 1.807) is 6.20 Å². The second kappa shape index (κ2) is 11.3. The lowest BCUT2D eigenvalue weighted by Gasteiger charge is -2.29. The Kier molecular flexibility index (Phi) is 7.03. The maximum atomic E-state index is 16.4. The van der Waals surface area contributed by atoms with E-state index in [4.69, 9.17) is 10.5 Å². The van der Waals surface area contributed by atoms with Crippen molar-refractivity contribution in [2.24, 2.45) is 5.73 Å². The van der Waals surface area contributed by atoms with Gasteiger partial charge in [-0.25, -0.2) is 4.39 Å². The molecule has 234 valence electrons. The Balaban J connectivity index is 1.25. The average Bonchev–Trinajstić information content (AvgIpc) is 3.65. The first-order chi connectivity index (χ1) is 22.4. The van der Waals surface area contributed by atoms with Crippen LogP contribution in [0.4, 0.5) is 10.1 Å². The summed E-state index contributed by atoms with van der Waals surface area (Å²) in [5, 5.41) is 5.00. The van der Waals surface area contributed by atoms with Crippen molar-refractivity contribution < 1.29 is 13.9 Å². The van der Waals surface area contributed by atoms with E-state index in [0.717, 1.165) is 42.1 Å². The second-order valence-corrected chi connectivity index (χ2v) is 12.9. The highest BCUT2D eigenvalue weighted by molar-refractivity contribution is 6.02. The number of benzene rings is 4. The van der Waals surface area contributed by atoms with Crippen LogP contribution in [0.2, 0.25) is 0 Å². The quantitative estimate of drug-likeness (QED) is 0.255. The summed E-state index contributed by atoms with van der Waals surface area (Å²) < 4.78 is 24.8. The molecular formula is C37H36FN5O3. The number of likely N-dealkylation sites (tertiary alicyclic amines) is 1. The van der Waals surface area contributed by atoms with E-state index in [9.17, 15) is 9.59 Å². The SMILES string of the molecule is CN1CCCC1CCNC(=O)c1cn2c3c(c(N4C[C@@H](N)[C@H](c5ccccc5)C4)c(F)cc3c1=O)Oc1cc3ccccc3cc1-2. The first kappa shape index (κ1) is 28.7. The molecule has 4 heterocycles. The Morgan fingerprint density at radius 2 is 1.80 bits per heavy atom. The number of anilines is 1. The van der Waals surface area contributed by atoms with Crippen molar-refractivity contribution in [3.05, 3.63) is 106 Å². The smallest absolute Gasteiger partial charge is 0.256 e. The number of aromatic nitrogens is 1. The van der Waals surface area contributed by atoms with Crippen LogP contribution in [0, 0.1) is 5.82 Å². The largest absolute Gasteiger partial charge is 0.451 e. The summed E-state index contributed by atoms with van der Waals surface area (Å²) in [6.45, 7) is 2.42. The van der Waals surface area contributed by atoms with Crippen molar-refractivity contribution >= 4 is 33.3 Å². The van der Waals surface area contributed by atoms with Crippen LogP contribution in [0.5, 0.6) is 11.5 Å². The van der Waals surface area contributed by atoms with Gasteiger partial charge in [-0.05, 0) is 67.4 Å². The van der Waals surface area contributed by atoms with Crippen molar-refractivity contribution in [2.75, 3.05) is 38.1 Å². The van der Waals surface area contributed by atoms with E-state index in [-0.39, 0.29) is 34.3 Å². The molecule has 0 spiro atoms. The van der Waals surface area contributed by atoms with Gasteiger partial charge < -0.3 is 30.2 Å². The van der Waals surface area contributed by atoms with E-state index in [2.05, 4.69) is 17.3 Å². The summed E-state index contributed by atoms with van der Waals surface area (Å²) >= 11 is 0. The van der Waals surface area contributed by atoms with Gasteiger partial charge in [-0.15, -0.1) is 0 Å². The zero-order valence-corrected chi connectivity index (χ0v) is 25.7. The van der Waals surface area contributed by atoms with Crippen LogP contribution in [0.25, 0.3) is 27.4 Å². The van der Waals surface area contributed by atoms with Crippen LogP contribution in [0.15, 0.2) is 83.8 Å². The molecule has 3 atom stereocenters. The molecule has 0 saturated carbocycles. The van der Waals surface area contributed by atoms with Gasteiger partial charge in [-0.1, -0.05) is 54.6 Å². The summed E-state index contributed by atoms with van der Waals surface area (Å²) in [7, 11) is 2.10. The molecule has 1 unspecified atom stereocenters. The van der Waals surface area contributed by atoms with Crippen molar-refractivity contribution in [3.8, 4) is 17.2 Å². The number of carbonyl (C=O) groups is 1. The summed E-state index contributed by atoms with van der Waals surface area (Å²) in [4.78, 5) is 31.7. The number of pyridine rings is 1. The zero-order chi connectivity index (χ0) is 31.5. The molecule has 2 saturated heterocycles. The number of nitrogens with two attached hydrogens (primary N) is 1. The summed E-state index contributed by atoms with van der Waals surface area (Å²) in [5.74, 6) is -0.278. The first-order valence-electron chi connectivity index (χ1n) is 16.0. The molecular weight excluding hydrogens is 581 g/mol. The van der Waals surface area contributed by atoms with Crippen LogP contribution < -0.4 is 26.1 Å². The molecule has 0 radical (unpaired) electrons. The number of hydrogen-bond acceptors (Lipinski definition) is 6. The van der Waals surface area contributed by atoms with Gasteiger partial charge in [0.05, 0.1) is 11.1 Å². The summed E-state index contributed by atoms with van der Waals surface area (Å²) in [6, 6.07) is 23.3. The van der Waals surface area contributed by atoms with Gasteiger partial charge >= 0.3 is 0 Å². The second-order valence-electron chi connectivity index (χ2n) is 12.9. The zero-order valence-electron chi connectivity index (χ0n) is 25.7. The van der Waals surface area contributed by atoms with Crippen molar-refractivity contribution in [2.45, 2.75) is 37.3 Å². The number of hydrogen-bond donors (Lipinski definition) is 2. The van der Waals surface area contributed by atoms with E-state index in [1.165, 1.54) is 6.07 Å². The van der Waals surface area contributed by atoms with Gasteiger partial charge in [-0.2, -0.15) is 0 Å². The number of ether oxygens (including phenoxy) is 1. The lowest BCUT2D eigenvalue weighted by molar-refractivity contribution is 0.0949. The summed E-state index contributed by atoms with van der Waals surface area (Å²) in [6.07, 6.45) is 4.63. The fourth-order valence-corrected chi connectivity index (χ4v) is 7.60. The van der Waals surface area contributed by atoms with Gasteiger partial charge in [-0.3, -0.25) is 9.59 Å². The molecule has 9 heteroatoms. The minimum Gasteiger partial charge on any atom is -0.451 e. The fourth-order valence-electron chi connectivity index (χ4n) is 7.60. The van der Waals surface area contributed by atoms with Crippen LogP contribution in [-0.4, -0.2) is 60.7 Å².